The van der Waals surface area contributed by atoms with Gasteiger partial charge in [-0.25, -0.2) is 0 Å². The standard InChI is InChI=1S/C12H8O.2C2H6.CH4/c1-3-7-11-9(5-1)10-6-2-4-8-12(10)13-11;2*1-2;/h1-8H;2*1-2H3;1H4. The summed E-state index contributed by atoms with van der Waals surface area (Å²) in [6.07, 6.45) is 0. The first kappa shape index (κ1) is 16.2. The van der Waals surface area contributed by atoms with Crippen LogP contribution in [0.4, 0.5) is 0 Å². The molecule has 0 saturated heterocycles. The molecule has 1 aromatic heterocycles. The van der Waals surface area contributed by atoms with Gasteiger partial charge in [-0.05, 0) is 12.1 Å². The average molecular weight is 244 g/mol. The van der Waals surface area contributed by atoms with E-state index in [-0.39, 0.29) is 7.43 Å². The number of furan rings is 1. The summed E-state index contributed by atoms with van der Waals surface area (Å²) in [6.45, 7) is 8.00. The van der Waals surface area contributed by atoms with Gasteiger partial charge in [0.25, 0.3) is 0 Å². The lowest BCUT2D eigenvalue weighted by Crippen LogP contribution is -1.62. The van der Waals surface area contributed by atoms with Crippen LogP contribution in [0.3, 0.4) is 0 Å². The first-order valence-corrected chi connectivity index (χ1v) is 6.31. The normalized spacial score (nSPS) is 8.67. The van der Waals surface area contributed by atoms with E-state index >= 15 is 0 Å². The molecular formula is C17H24O. The monoisotopic (exact) mass is 244 g/mol. The molecule has 3 aromatic rings. The summed E-state index contributed by atoms with van der Waals surface area (Å²) in [5.74, 6) is 0. The maximum atomic E-state index is 5.65. The highest BCUT2D eigenvalue weighted by molar-refractivity contribution is 6.04. The highest BCUT2D eigenvalue weighted by Crippen LogP contribution is 2.27. The van der Waals surface area contributed by atoms with Crippen LogP contribution in [0.2, 0.25) is 0 Å². The van der Waals surface area contributed by atoms with E-state index < -0.39 is 0 Å². The number of hydrogen-bond donors (Lipinski definition) is 0. The van der Waals surface area contributed by atoms with Crippen molar-refractivity contribution in [3.05, 3.63) is 48.5 Å². The van der Waals surface area contributed by atoms with E-state index in [9.17, 15) is 0 Å². The Morgan fingerprint density at radius 1 is 0.611 bits per heavy atom. The molecule has 0 amide bonds. The highest BCUT2D eigenvalue weighted by atomic mass is 16.3. The van der Waals surface area contributed by atoms with Gasteiger partial charge in [-0.3, -0.25) is 0 Å². The summed E-state index contributed by atoms with van der Waals surface area (Å²) in [5.41, 5.74) is 1.92. The summed E-state index contributed by atoms with van der Waals surface area (Å²) in [6, 6.07) is 16.2. The summed E-state index contributed by atoms with van der Waals surface area (Å²) in [4.78, 5) is 0. The van der Waals surface area contributed by atoms with E-state index in [0.717, 1.165) is 11.2 Å². The van der Waals surface area contributed by atoms with Gasteiger partial charge in [-0.1, -0.05) is 71.5 Å². The van der Waals surface area contributed by atoms with Gasteiger partial charge in [0.2, 0.25) is 0 Å². The van der Waals surface area contributed by atoms with E-state index in [4.69, 9.17) is 4.42 Å². The average Bonchev–Trinajstić information content (AvgIpc) is 2.82. The Hall–Kier alpha value is -1.76. The van der Waals surface area contributed by atoms with Gasteiger partial charge in [0.1, 0.15) is 11.2 Å². The van der Waals surface area contributed by atoms with Crippen LogP contribution in [0, 0.1) is 0 Å². The summed E-state index contributed by atoms with van der Waals surface area (Å²) in [5, 5.41) is 2.39. The predicted molar refractivity (Wildman–Crippen MR) is 83.1 cm³/mol. The summed E-state index contributed by atoms with van der Waals surface area (Å²) >= 11 is 0. The van der Waals surface area contributed by atoms with E-state index in [0.29, 0.717) is 0 Å². The predicted octanol–water partition coefficient (Wildman–Crippen LogP) is 6.27. The minimum atomic E-state index is 0. The van der Waals surface area contributed by atoms with Gasteiger partial charge < -0.3 is 4.42 Å². The molecule has 0 saturated carbocycles. The topological polar surface area (TPSA) is 13.1 Å². The molecule has 0 aliphatic heterocycles. The van der Waals surface area contributed by atoms with Crippen LogP contribution >= 0.6 is 0 Å². The van der Waals surface area contributed by atoms with E-state index in [1.54, 1.807) is 0 Å². The third-order valence-electron chi connectivity index (χ3n) is 2.28. The van der Waals surface area contributed by atoms with Crippen LogP contribution in [-0.4, -0.2) is 0 Å². The van der Waals surface area contributed by atoms with Crippen LogP contribution in [0.1, 0.15) is 35.1 Å². The Labute approximate surface area is 110 Å². The first-order chi connectivity index (χ1) is 8.45. The number of rotatable bonds is 0. The smallest absolute Gasteiger partial charge is 0.135 e. The first-order valence-electron chi connectivity index (χ1n) is 6.31. The molecular weight excluding hydrogens is 220 g/mol. The van der Waals surface area contributed by atoms with Crippen LogP contribution < -0.4 is 0 Å². The Bertz CT molecular complexity index is 513. The zero-order valence-electron chi connectivity index (χ0n) is 11.0. The van der Waals surface area contributed by atoms with Gasteiger partial charge in [0.05, 0.1) is 0 Å². The van der Waals surface area contributed by atoms with Crippen molar-refractivity contribution in [3.8, 4) is 0 Å². The largest absolute Gasteiger partial charge is 0.456 e. The molecule has 0 unspecified atom stereocenters. The van der Waals surface area contributed by atoms with Gasteiger partial charge in [-0.2, -0.15) is 0 Å². The summed E-state index contributed by atoms with van der Waals surface area (Å²) in [7, 11) is 0. The molecule has 2 aromatic carbocycles. The van der Waals surface area contributed by atoms with Crippen LogP contribution in [0.15, 0.2) is 52.9 Å². The molecule has 0 aliphatic carbocycles. The molecule has 1 heterocycles. The number of hydrogen-bond acceptors (Lipinski definition) is 1. The maximum absolute atomic E-state index is 5.65. The van der Waals surface area contributed by atoms with E-state index in [1.807, 2.05) is 64.1 Å². The Morgan fingerprint density at radius 3 is 1.33 bits per heavy atom. The minimum absolute atomic E-state index is 0. The van der Waals surface area contributed by atoms with Crippen molar-refractivity contribution in [2.24, 2.45) is 0 Å². The lowest BCUT2D eigenvalue weighted by atomic mass is 10.2. The molecule has 0 atom stereocenters. The summed E-state index contributed by atoms with van der Waals surface area (Å²) < 4.78 is 5.65. The fourth-order valence-electron chi connectivity index (χ4n) is 1.67. The van der Waals surface area contributed by atoms with Gasteiger partial charge >= 0.3 is 0 Å². The van der Waals surface area contributed by atoms with Crippen LogP contribution in [0.5, 0.6) is 0 Å². The Kier molecular flexibility index (Phi) is 7.53. The van der Waals surface area contributed by atoms with Gasteiger partial charge in [0, 0.05) is 10.8 Å². The zero-order valence-corrected chi connectivity index (χ0v) is 11.0. The third kappa shape index (κ3) is 3.13. The van der Waals surface area contributed by atoms with E-state index in [1.165, 1.54) is 10.8 Å². The number of benzene rings is 2. The van der Waals surface area contributed by atoms with Crippen molar-refractivity contribution in [2.75, 3.05) is 0 Å². The van der Waals surface area contributed by atoms with Gasteiger partial charge in [0.15, 0.2) is 0 Å². The van der Waals surface area contributed by atoms with Crippen molar-refractivity contribution in [1.29, 1.82) is 0 Å². The molecule has 0 N–H and O–H groups in total. The molecule has 18 heavy (non-hydrogen) atoms. The van der Waals surface area contributed by atoms with Crippen molar-refractivity contribution >= 4 is 21.9 Å². The van der Waals surface area contributed by atoms with Gasteiger partial charge in [-0.15, -0.1) is 0 Å². The lowest BCUT2D eigenvalue weighted by molar-refractivity contribution is 0.669. The fourth-order valence-corrected chi connectivity index (χ4v) is 1.67. The number of para-hydroxylation sites is 2. The van der Waals surface area contributed by atoms with Crippen LogP contribution in [0.25, 0.3) is 21.9 Å². The molecule has 1 heteroatoms. The molecule has 0 bridgehead atoms. The second-order valence-corrected chi connectivity index (χ2v) is 3.09. The molecule has 0 radical (unpaired) electrons. The quantitative estimate of drug-likeness (QED) is 0.454. The van der Waals surface area contributed by atoms with Crippen LogP contribution in [-0.2, 0) is 0 Å². The minimum Gasteiger partial charge on any atom is -0.456 e. The molecule has 0 aliphatic rings. The second-order valence-electron chi connectivity index (χ2n) is 3.09. The lowest BCUT2D eigenvalue weighted by Gasteiger charge is -1.85. The molecule has 98 valence electrons. The molecule has 0 spiro atoms. The Balaban J connectivity index is 0.000000531. The second kappa shape index (κ2) is 8.35. The van der Waals surface area contributed by atoms with Crippen molar-refractivity contribution < 1.29 is 4.42 Å². The fraction of sp³-hybridized carbons (Fsp3) is 0.294. The third-order valence-corrected chi connectivity index (χ3v) is 2.28. The van der Waals surface area contributed by atoms with Crippen molar-refractivity contribution in [3.63, 3.8) is 0 Å². The molecule has 0 fully saturated rings. The highest BCUT2D eigenvalue weighted by Gasteiger charge is 2.03. The number of fused-ring (bicyclic) bond motifs is 3. The van der Waals surface area contributed by atoms with Crippen molar-refractivity contribution in [2.45, 2.75) is 35.1 Å². The Morgan fingerprint density at radius 2 is 0.944 bits per heavy atom. The maximum Gasteiger partial charge on any atom is 0.135 e. The van der Waals surface area contributed by atoms with E-state index in [2.05, 4.69) is 12.1 Å². The zero-order chi connectivity index (χ0) is 12.7. The molecule has 3 rings (SSSR count). The van der Waals surface area contributed by atoms with Crippen molar-refractivity contribution in [1.82, 2.24) is 0 Å². The molecule has 1 nitrogen and oxygen atoms in total. The SMILES string of the molecule is C.CC.CC.c1ccc2c(c1)oc1ccccc12.